The Morgan fingerprint density at radius 2 is 1.67 bits per heavy atom. The first-order valence-electron chi connectivity index (χ1n) is 7.06. The van der Waals surface area contributed by atoms with Crippen LogP contribution in [0.4, 0.5) is 0 Å². The highest BCUT2D eigenvalue weighted by atomic mass is 79.9. The minimum Gasteiger partial charge on any atom is -0.388 e. The van der Waals surface area contributed by atoms with E-state index in [1.807, 2.05) is 37.3 Å². The van der Waals surface area contributed by atoms with Crippen molar-refractivity contribution in [3.05, 3.63) is 81.8 Å². The van der Waals surface area contributed by atoms with Gasteiger partial charge in [0.2, 0.25) is 0 Å². The number of halogens is 1. The lowest BCUT2D eigenvalue weighted by Crippen LogP contribution is -2.04. The van der Waals surface area contributed by atoms with Crippen molar-refractivity contribution in [2.75, 3.05) is 0 Å². The molecule has 1 N–H and O–H groups in total. The molecule has 3 aromatic rings. The van der Waals surface area contributed by atoms with Gasteiger partial charge in [-0.2, -0.15) is 0 Å². The van der Waals surface area contributed by atoms with E-state index in [1.54, 1.807) is 0 Å². The second kappa shape index (κ2) is 6.00. The van der Waals surface area contributed by atoms with E-state index in [-0.39, 0.29) is 0 Å². The molecule has 21 heavy (non-hydrogen) atoms. The van der Waals surface area contributed by atoms with Crippen LogP contribution in [-0.2, 0) is 6.42 Å². The highest BCUT2D eigenvalue weighted by molar-refractivity contribution is 9.10. The molecule has 0 spiro atoms. The van der Waals surface area contributed by atoms with E-state index < -0.39 is 6.10 Å². The van der Waals surface area contributed by atoms with Crippen molar-refractivity contribution in [2.24, 2.45) is 0 Å². The molecule has 0 fully saturated rings. The summed E-state index contributed by atoms with van der Waals surface area (Å²) < 4.78 is 1.04. The van der Waals surface area contributed by atoms with Gasteiger partial charge in [0.15, 0.2) is 0 Å². The Hall–Kier alpha value is -1.64. The second-order valence-corrected chi connectivity index (χ2v) is 6.17. The van der Waals surface area contributed by atoms with Gasteiger partial charge in [0, 0.05) is 10.9 Å². The molecule has 1 unspecified atom stereocenters. The van der Waals surface area contributed by atoms with Crippen LogP contribution < -0.4 is 0 Å². The lowest BCUT2D eigenvalue weighted by molar-refractivity contribution is 0.178. The first-order valence-corrected chi connectivity index (χ1v) is 7.86. The quantitative estimate of drug-likeness (QED) is 0.695. The Labute approximate surface area is 133 Å². The number of benzene rings is 3. The van der Waals surface area contributed by atoms with E-state index in [0.717, 1.165) is 15.6 Å². The predicted molar refractivity (Wildman–Crippen MR) is 91.5 cm³/mol. The fourth-order valence-corrected chi connectivity index (χ4v) is 3.16. The van der Waals surface area contributed by atoms with Crippen LogP contribution in [0.25, 0.3) is 10.8 Å². The van der Waals surface area contributed by atoms with Crippen LogP contribution in [0, 0.1) is 6.92 Å². The summed E-state index contributed by atoms with van der Waals surface area (Å²) in [6.45, 7) is 2.03. The smallest absolute Gasteiger partial charge is 0.0833 e. The van der Waals surface area contributed by atoms with Crippen molar-refractivity contribution >= 4 is 26.7 Å². The maximum atomic E-state index is 10.6. The van der Waals surface area contributed by atoms with Gasteiger partial charge >= 0.3 is 0 Å². The number of fused-ring (bicyclic) bond motifs is 1. The van der Waals surface area contributed by atoms with Gasteiger partial charge in [-0.25, -0.2) is 0 Å². The Morgan fingerprint density at radius 3 is 2.52 bits per heavy atom. The van der Waals surface area contributed by atoms with E-state index in [4.69, 9.17) is 0 Å². The first-order chi connectivity index (χ1) is 10.2. The van der Waals surface area contributed by atoms with Crippen LogP contribution in [0.3, 0.4) is 0 Å². The van der Waals surface area contributed by atoms with Gasteiger partial charge in [-0.15, -0.1) is 0 Å². The van der Waals surface area contributed by atoms with Crippen LogP contribution in [0.15, 0.2) is 65.1 Å². The van der Waals surface area contributed by atoms with Gasteiger partial charge in [0.05, 0.1) is 6.10 Å². The third-order valence-corrected chi connectivity index (χ3v) is 4.82. The fourth-order valence-electron chi connectivity index (χ4n) is 2.77. The molecule has 0 saturated carbocycles. The predicted octanol–water partition coefficient (Wildman–Crippen LogP) is 5.19. The van der Waals surface area contributed by atoms with E-state index in [2.05, 4.69) is 46.3 Å². The van der Waals surface area contributed by atoms with Crippen LogP contribution >= 0.6 is 15.9 Å². The standard InChI is InChI=1S/C19H17BrO/c1-13-16(10-5-11-18(13)20)19(21)12-15-8-4-7-14-6-2-3-9-17(14)15/h2-11,19,21H,12H2,1H3. The van der Waals surface area contributed by atoms with Gasteiger partial charge in [-0.1, -0.05) is 70.5 Å². The molecule has 0 aliphatic rings. The normalized spacial score (nSPS) is 12.5. The van der Waals surface area contributed by atoms with Gasteiger partial charge in [-0.05, 0) is 40.5 Å². The molecular weight excluding hydrogens is 324 g/mol. The van der Waals surface area contributed by atoms with Crippen molar-refractivity contribution in [3.8, 4) is 0 Å². The van der Waals surface area contributed by atoms with E-state index in [0.29, 0.717) is 6.42 Å². The molecule has 3 aromatic carbocycles. The Balaban J connectivity index is 1.97. The number of rotatable bonds is 3. The van der Waals surface area contributed by atoms with Crippen molar-refractivity contribution in [1.82, 2.24) is 0 Å². The van der Waals surface area contributed by atoms with Gasteiger partial charge in [-0.3, -0.25) is 0 Å². The average molecular weight is 341 g/mol. The number of hydrogen-bond acceptors (Lipinski definition) is 1. The third kappa shape index (κ3) is 2.87. The summed E-state index contributed by atoms with van der Waals surface area (Å²) in [6.07, 6.45) is 0.131. The fraction of sp³-hybridized carbons (Fsp3) is 0.158. The zero-order chi connectivity index (χ0) is 14.8. The molecule has 3 rings (SSSR count). The molecule has 0 saturated heterocycles. The average Bonchev–Trinajstić information content (AvgIpc) is 2.50. The maximum Gasteiger partial charge on any atom is 0.0833 e. The molecule has 0 heterocycles. The molecule has 0 radical (unpaired) electrons. The summed E-state index contributed by atoms with van der Waals surface area (Å²) in [7, 11) is 0. The monoisotopic (exact) mass is 340 g/mol. The van der Waals surface area contributed by atoms with Crippen LogP contribution in [-0.4, -0.2) is 5.11 Å². The highest BCUT2D eigenvalue weighted by Gasteiger charge is 2.14. The molecule has 1 nitrogen and oxygen atoms in total. The summed E-state index contributed by atoms with van der Waals surface area (Å²) in [6, 6.07) is 20.5. The Kier molecular flexibility index (Phi) is 4.09. The summed E-state index contributed by atoms with van der Waals surface area (Å²) in [5.74, 6) is 0. The summed E-state index contributed by atoms with van der Waals surface area (Å²) in [5.41, 5.74) is 3.27. The lowest BCUT2D eigenvalue weighted by atomic mass is 9.95. The molecule has 0 aliphatic carbocycles. The van der Waals surface area contributed by atoms with Crippen LogP contribution in [0.5, 0.6) is 0 Å². The first kappa shape index (κ1) is 14.3. The minimum absolute atomic E-state index is 0.492. The molecule has 0 bridgehead atoms. The summed E-state index contributed by atoms with van der Waals surface area (Å²) in [5, 5.41) is 13.0. The Morgan fingerprint density at radius 1 is 0.952 bits per heavy atom. The number of hydrogen-bond donors (Lipinski definition) is 1. The zero-order valence-corrected chi connectivity index (χ0v) is 13.5. The minimum atomic E-state index is -0.492. The van der Waals surface area contributed by atoms with Gasteiger partial charge in [0.1, 0.15) is 0 Å². The molecule has 0 amide bonds. The summed E-state index contributed by atoms with van der Waals surface area (Å²) >= 11 is 3.53. The molecule has 1 atom stereocenters. The van der Waals surface area contributed by atoms with Crippen LogP contribution in [0.2, 0.25) is 0 Å². The molecule has 0 aliphatic heterocycles. The molecular formula is C19H17BrO. The molecule has 2 heteroatoms. The van der Waals surface area contributed by atoms with Crippen molar-refractivity contribution in [3.63, 3.8) is 0 Å². The molecule has 106 valence electrons. The highest BCUT2D eigenvalue weighted by Crippen LogP contribution is 2.29. The number of aliphatic hydroxyl groups excluding tert-OH is 1. The van der Waals surface area contributed by atoms with Crippen molar-refractivity contribution in [2.45, 2.75) is 19.4 Å². The van der Waals surface area contributed by atoms with Crippen LogP contribution in [0.1, 0.15) is 22.8 Å². The topological polar surface area (TPSA) is 20.2 Å². The second-order valence-electron chi connectivity index (χ2n) is 5.31. The van der Waals surface area contributed by atoms with Crippen molar-refractivity contribution < 1.29 is 5.11 Å². The lowest BCUT2D eigenvalue weighted by Gasteiger charge is -2.16. The molecule has 0 aromatic heterocycles. The Bertz CT molecular complexity index is 774. The SMILES string of the molecule is Cc1c(Br)cccc1C(O)Cc1cccc2ccccc12. The van der Waals surface area contributed by atoms with E-state index >= 15 is 0 Å². The largest absolute Gasteiger partial charge is 0.388 e. The zero-order valence-electron chi connectivity index (χ0n) is 11.9. The third-order valence-electron chi connectivity index (χ3n) is 3.96. The summed E-state index contributed by atoms with van der Waals surface area (Å²) in [4.78, 5) is 0. The maximum absolute atomic E-state index is 10.6. The van der Waals surface area contributed by atoms with E-state index in [9.17, 15) is 5.11 Å². The number of aliphatic hydroxyl groups is 1. The van der Waals surface area contributed by atoms with Gasteiger partial charge < -0.3 is 5.11 Å². The van der Waals surface area contributed by atoms with Gasteiger partial charge in [0.25, 0.3) is 0 Å². The van der Waals surface area contributed by atoms with Crippen molar-refractivity contribution in [1.29, 1.82) is 0 Å². The van der Waals surface area contributed by atoms with E-state index in [1.165, 1.54) is 16.3 Å².